The van der Waals surface area contributed by atoms with Crippen LogP contribution in [0.2, 0.25) is 5.02 Å². The van der Waals surface area contributed by atoms with E-state index in [1.165, 1.54) is 12.8 Å². The van der Waals surface area contributed by atoms with Gasteiger partial charge < -0.3 is 4.90 Å². The Labute approximate surface area is 152 Å². The summed E-state index contributed by atoms with van der Waals surface area (Å²) < 4.78 is 2.01. The molecule has 3 aliphatic rings. The predicted octanol–water partition coefficient (Wildman–Crippen LogP) is 2.27. The van der Waals surface area contributed by atoms with Crippen LogP contribution in [0.25, 0.3) is 5.69 Å². The first-order valence-corrected chi connectivity index (χ1v) is 9.49. The second kappa shape index (κ2) is 6.06. The van der Waals surface area contributed by atoms with Gasteiger partial charge in [0.15, 0.2) is 11.6 Å². The molecule has 3 atom stereocenters. The minimum atomic E-state index is 0.170. The van der Waals surface area contributed by atoms with Gasteiger partial charge in [0.25, 0.3) is 0 Å². The van der Waals surface area contributed by atoms with E-state index in [2.05, 4.69) is 22.8 Å². The molecule has 3 unspecified atom stereocenters. The van der Waals surface area contributed by atoms with Crippen molar-refractivity contribution >= 4 is 11.6 Å². The van der Waals surface area contributed by atoms with Crippen LogP contribution in [0.3, 0.4) is 0 Å². The molecule has 1 aromatic heterocycles. The van der Waals surface area contributed by atoms with Gasteiger partial charge in [0, 0.05) is 29.4 Å². The summed E-state index contributed by atoms with van der Waals surface area (Å²) in [6, 6.07) is 8.53. The van der Waals surface area contributed by atoms with Crippen molar-refractivity contribution in [2.75, 3.05) is 20.1 Å². The molecular formula is C18H23ClN6. The second-order valence-corrected chi connectivity index (χ2v) is 8.01. The number of piperidine rings is 1. The van der Waals surface area contributed by atoms with Crippen LogP contribution in [-0.4, -0.2) is 45.8 Å². The molecule has 1 aromatic carbocycles. The highest BCUT2D eigenvalue weighted by Gasteiger charge is 2.43. The van der Waals surface area contributed by atoms with E-state index in [-0.39, 0.29) is 6.04 Å². The highest BCUT2D eigenvalue weighted by molar-refractivity contribution is 6.30. The maximum atomic E-state index is 6.07. The molecule has 132 valence electrons. The van der Waals surface area contributed by atoms with Gasteiger partial charge in [-0.25, -0.2) is 15.1 Å². The van der Waals surface area contributed by atoms with E-state index in [1.807, 2.05) is 28.9 Å². The van der Waals surface area contributed by atoms with Crippen LogP contribution in [0.1, 0.15) is 42.9 Å². The van der Waals surface area contributed by atoms with E-state index in [9.17, 15) is 0 Å². The Morgan fingerprint density at radius 3 is 2.68 bits per heavy atom. The summed E-state index contributed by atoms with van der Waals surface area (Å²) in [4.78, 5) is 7.38. The molecular weight excluding hydrogens is 336 g/mol. The molecule has 1 saturated carbocycles. The first-order chi connectivity index (χ1) is 12.2. The van der Waals surface area contributed by atoms with Crippen LogP contribution in [-0.2, 0) is 0 Å². The Bertz CT molecular complexity index is 768. The van der Waals surface area contributed by atoms with Crippen LogP contribution in [0.4, 0.5) is 0 Å². The zero-order valence-electron chi connectivity index (χ0n) is 14.3. The Hall–Kier alpha value is -1.47. The number of benzene rings is 1. The summed E-state index contributed by atoms with van der Waals surface area (Å²) in [7, 11) is 2.20. The van der Waals surface area contributed by atoms with Gasteiger partial charge >= 0.3 is 0 Å². The fourth-order valence-corrected chi connectivity index (χ4v) is 4.18. The van der Waals surface area contributed by atoms with Crippen LogP contribution in [0.5, 0.6) is 0 Å². The third-order valence-electron chi connectivity index (χ3n) is 5.65. The number of halogens is 1. The lowest BCUT2D eigenvalue weighted by atomic mass is 9.88. The fourth-order valence-electron chi connectivity index (χ4n) is 4.06. The van der Waals surface area contributed by atoms with E-state index in [4.69, 9.17) is 21.7 Å². The molecule has 1 aliphatic carbocycles. The number of rotatable bonds is 3. The number of hydrogen-bond donors (Lipinski definition) is 2. The highest BCUT2D eigenvalue weighted by Crippen LogP contribution is 2.40. The highest BCUT2D eigenvalue weighted by atomic mass is 35.5. The first-order valence-electron chi connectivity index (χ1n) is 9.11. The molecule has 7 heteroatoms. The van der Waals surface area contributed by atoms with Crippen molar-refractivity contribution in [1.82, 2.24) is 30.5 Å². The molecule has 5 rings (SSSR count). The summed E-state index contributed by atoms with van der Waals surface area (Å²) in [5.74, 6) is 3.03. The van der Waals surface area contributed by atoms with Gasteiger partial charge in [0.2, 0.25) is 0 Å². The molecule has 6 nitrogen and oxygen atoms in total. The van der Waals surface area contributed by atoms with E-state index in [1.54, 1.807) is 0 Å². The largest absolute Gasteiger partial charge is 0.306 e. The molecule has 0 radical (unpaired) electrons. The molecule has 2 N–H and O–H groups in total. The molecule has 0 amide bonds. The average molecular weight is 359 g/mol. The third-order valence-corrected chi connectivity index (χ3v) is 5.91. The molecule has 0 spiro atoms. The van der Waals surface area contributed by atoms with Gasteiger partial charge in [0.05, 0.1) is 11.7 Å². The minimum Gasteiger partial charge on any atom is -0.306 e. The fraction of sp³-hybridized carbons (Fsp3) is 0.556. The van der Waals surface area contributed by atoms with Crippen molar-refractivity contribution in [2.45, 2.75) is 37.3 Å². The summed E-state index contributed by atoms with van der Waals surface area (Å²) >= 11 is 6.07. The maximum absolute atomic E-state index is 6.07. The maximum Gasteiger partial charge on any atom is 0.154 e. The van der Waals surface area contributed by atoms with Crippen molar-refractivity contribution in [3.63, 3.8) is 0 Å². The zero-order valence-corrected chi connectivity index (χ0v) is 15.1. The smallest absolute Gasteiger partial charge is 0.154 e. The molecule has 3 heterocycles. The summed E-state index contributed by atoms with van der Waals surface area (Å²) in [5, 5.41) is 5.59. The summed E-state index contributed by atoms with van der Waals surface area (Å²) in [5.41, 5.74) is 8.02. The van der Waals surface area contributed by atoms with Gasteiger partial charge in [-0.2, -0.15) is 5.10 Å². The van der Waals surface area contributed by atoms with Gasteiger partial charge in [-0.05, 0) is 57.1 Å². The predicted molar refractivity (Wildman–Crippen MR) is 96.7 cm³/mol. The molecule has 3 fully saturated rings. The number of nitrogens with one attached hydrogen (secondary N) is 2. The van der Waals surface area contributed by atoms with Gasteiger partial charge in [0.1, 0.15) is 0 Å². The van der Waals surface area contributed by atoms with Crippen LogP contribution < -0.4 is 10.9 Å². The van der Waals surface area contributed by atoms with Crippen LogP contribution in [0.15, 0.2) is 24.3 Å². The van der Waals surface area contributed by atoms with E-state index < -0.39 is 0 Å². The van der Waals surface area contributed by atoms with Crippen molar-refractivity contribution in [3.8, 4) is 5.69 Å². The van der Waals surface area contributed by atoms with E-state index >= 15 is 0 Å². The minimum absolute atomic E-state index is 0.170. The molecule has 2 aromatic rings. The molecule has 2 saturated heterocycles. The van der Waals surface area contributed by atoms with E-state index in [0.717, 1.165) is 41.9 Å². The Morgan fingerprint density at radius 1 is 1.12 bits per heavy atom. The van der Waals surface area contributed by atoms with Crippen molar-refractivity contribution < 1.29 is 0 Å². The number of nitrogens with zero attached hydrogens (tertiary/aromatic N) is 4. The monoisotopic (exact) mass is 358 g/mol. The van der Waals surface area contributed by atoms with E-state index in [0.29, 0.717) is 17.9 Å². The lowest BCUT2D eigenvalue weighted by Gasteiger charge is -2.33. The van der Waals surface area contributed by atoms with Crippen LogP contribution >= 0.6 is 11.6 Å². The zero-order chi connectivity index (χ0) is 17.0. The number of hydrazine groups is 1. The lowest BCUT2D eigenvalue weighted by molar-refractivity contribution is 0.183. The third kappa shape index (κ3) is 2.87. The van der Waals surface area contributed by atoms with Crippen molar-refractivity contribution in [3.05, 3.63) is 40.9 Å². The van der Waals surface area contributed by atoms with Gasteiger partial charge in [-0.1, -0.05) is 11.6 Å². The van der Waals surface area contributed by atoms with Gasteiger partial charge in [-0.3, -0.25) is 5.43 Å². The number of hydrogen-bond acceptors (Lipinski definition) is 5. The number of fused-ring (bicyclic) bond motifs is 1. The van der Waals surface area contributed by atoms with Crippen LogP contribution in [0, 0.1) is 5.92 Å². The molecule has 2 aliphatic heterocycles. The standard InChI is InChI=1S/C18H23ClN6/c1-24-9-8-15-14(10-24)16(22-21-15)18-20-17(11-2-3-11)23-25(18)13-6-4-12(19)5-7-13/h4-7,11,14-16,21-22H,2-3,8-10H2,1H3. The topological polar surface area (TPSA) is 58.0 Å². The Kier molecular flexibility index (Phi) is 3.82. The normalized spacial score (nSPS) is 29.8. The Morgan fingerprint density at radius 2 is 1.92 bits per heavy atom. The summed E-state index contributed by atoms with van der Waals surface area (Å²) in [6.07, 6.45) is 3.57. The quantitative estimate of drug-likeness (QED) is 0.881. The van der Waals surface area contributed by atoms with Crippen molar-refractivity contribution in [1.29, 1.82) is 0 Å². The van der Waals surface area contributed by atoms with Crippen molar-refractivity contribution in [2.24, 2.45) is 5.92 Å². The number of likely N-dealkylation sites (tertiary alicyclic amines) is 1. The molecule has 25 heavy (non-hydrogen) atoms. The number of aromatic nitrogens is 3. The lowest BCUT2D eigenvalue weighted by Crippen LogP contribution is -2.43. The second-order valence-electron chi connectivity index (χ2n) is 7.58. The SMILES string of the molecule is CN1CCC2NNC(c3nc(C4CC4)nn3-c3ccc(Cl)cc3)C2C1. The van der Waals surface area contributed by atoms with Gasteiger partial charge in [-0.15, -0.1) is 0 Å². The molecule has 0 bridgehead atoms. The first kappa shape index (κ1) is 15.8. The summed E-state index contributed by atoms with van der Waals surface area (Å²) in [6.45, 7) is 2.21. The average Bonchev–Trinajstić information content (AvgIpc) is 3.24. The Balaban J connectivity index is 1.54.